The summed E-state index contributed by atoms with van der Waals surface area (Å²) in [5, 5.41) is 13.0. The lowest BCUT2D eigenvalue weighted by Gasteiger charge is -2.38. The highest BCUT2D eigenvalue weighted by atomic mass is 35.5. The van der Waals surface area contributed by atoms with E-state index in [0.29, 0.717) is 29.0 Å². The van der Waals surface area contributed by atoms with Crippen LogP contribution < -0.4 is 24.6 Å². The fourth-order valence-corrected chi connectivity index (χ4v) is 6.82. The van der Waals surface area contributed by atoms with Crippen LogP contribution in [-0.4, -0.2) is 56.4 Å². The van der Waals surface area contributed by atoms with Crippen molar-refractivity contribution in [3.05, 3.63) is 82.4 Å². The van der Waals surface area contributed by atoms with E-state index in [1.165, 1.54) is 0 Å². The SMILES string of the molecule is COc1cc2c(cc1OC(C)C)[C@H](c1ccc(Cl)cc1)N(c1ccc(N(C)C[C@H]3CC[C@H](C(=O)NCC(C)O)CC3)cc1)C(=O)C2. The smallest absolute Gasteiger partial charge is 0.232 e. The summed E-state index contributed by atoms with van der Waals surface area (Å²) in [6, 6.07) is 19.4. The molecule has 1 aliphatic heterocycles. The molecule has 1 aliphatic carbocycles. The first-order valence-corrected chi connectivity index (χ1v) is 16.6. The van der Waals surface area contributed by atoms with Crippen LogP contribution in [0.15, 0.2) is 60.7 Å². The van der Waals surface area contributed by atoms with Crippen molar-refractivity contribution < 1.29 is 24.2 Å². The van der Waals surface area contributed by atoms with Crippen molar-refractivity contribution in [2.45, 2.75) is 71.1 Å². The Kier molecular flexibility index (Phi) is 10.8. The third-order valence-electron chi connectivity index (χ3n) is 9.03. The molecule has 1 heterocycles. The fraction of sp³-hybridized carbons (Fsp3) is 0.459. The van der Waals surface area contributed by atoms with Gasteiger partial charge in [0.2, 0.25) is 11.8 Å². The second-order valence-corrected chi connectivity index (χ2v) is 13.4. The molecule has 9 heteroatoms. The molecule has 46 heavy (non-hydrogen) atoms. The molecule has 0 spiro atoms. The zero-order valence-electron chi connectivity index (χ0n) is 27.5. The number of aliphatic hydroxyl groups excluding tert-OH is 1. The van der Waals surface area contributed by atoms with E-state index in [1.54, 1.807) is 14.0 Å². The Hall–Kier alpha value is -3.75. The Balaban J connectivity index is 1.35. The molecule has 0 aromatic heterocycles. The monoisotopic (exact) mass is 647 g/mol. The average Bonchev–Trinajstić information content (AvgIpc) is 3.03. The Morgan fingerprint density at radius 2 is 1.70 bits per heavy atom. The lowest BCUT2D eigenvalue weighted by molar-refractivity contribution is -0.126. The van der Waals surface area contributed by atoms with Crippen LogP contribution in [-0.2, 0) is 16.0 Å². The van der Waals surface area contributed by atoms with Crippen molar-refractivity contribution in [3.63, 3.8) is 0 Å². The van der Waals surface area contributed by atoms with E-state index >= 15 is 0 Å². The molecule has 3 aromatic carbocycles. The second kappa shape index (κ2) is 14.8. The maximum atomic E-state index is 13.9. The first kappa shape index (κ1) is 33.6. The largest absolute Gasteiger partial charge is 0.493 e. The average molecular weight is 648 g/mol. The number of carbonyl (C=O) groups is 2. The van der Waals surface area contributed by atoms with Gasteiger partial charge in [0, 0.05) is 42.5 Å². The minimum Gasteiger partial charge on any atom is -0.493 e. The van der Waals surface area contributed by atoms with Gasteiger partial charge in [0.25, 0.3) is 0 Å². The summed E-state index contributed by atoms with van der Waals surface area (Å²) in [5.74, 6) is 1.84. The number of ether oxygens (including phenoxy) is 2. The number of hydrogen-bond donors (Lipinski definition) is 2. The van der Waals surface area contributed by atoms with Gasteiger partial charge < -0.3 is 29.7 Å². The minimum absolute atomic E-state index is 0.00220. The molecule has 1 unspecified atom stereocenters. The van der Waals surface area contributed by atoms with Gasteiger partial charge in [0.05, 0.1) is 31.8 Å². The minimum atomic E-state index is -0.534. The highest BCUT2D eigenvalue weighted by Gasteiger charge is 2.36. The number of halogens is 1. The van der Waals surface area contributed by atoms with Gasteiger partial charge in [0.15, 0.2) is 11.5 Å². The van der Waals surface area contributed by atoms with E-state index in [4.69, 9.17) is 21.1 Å². The molecule has 0 saturated heterocycles. The molecule has 0 bridgehead atoms. The van der Waals surface area contributed by atoms with Gasteiger partial charge in [-0.15, -0.1) is 0 Å². The summed E-state index contributed by atoms with van der Waals surface area (Å²) < 4.78 is 11.8. The van der Waals surface area contributed by atoms with Gasteiger partial charge in [0.1, 0.15) is 0 Å². The molecule has 1 saturated carbocycles. The Bertz CT molecular complexity index is 1500. The molecule has 0 radical (unpaired) electrons. The highest BCUT2D eigenvalue weighted by Crippen LogP contribution is 2.44. The van der Waals surface area contributed by atoms with Crippen molar-refractivity contribution in [2.75, 3.05) is 37.0 Å². The van der Waals surface area contributed by atoms with Crippen LogP contribution in [0.1, 0.15) is 69.2 Å². The molecular formula is C37H46ClN3O5. The summed E-state index contributed by atoms with van der Waals surface area (Å²) >= 11 is 6.27. The Morgan fingerprint density at radius 1 is 1.02 bits per heavy atom. The van der Waals surface area contributed by atoms with Crippen LogP contribution in [0, 0.1) is 11.8 Å². The van der Waals surface area contributed by atoms with E-state index in [2.05, 4.69) is 29.4 Å². The molecule has 2 amide bonds. The lowest BCUT2D eigenvalue weighted by atomic mass is 9.81. The number of carbonyl (C=O) groups excluding carboxylic acids is 2. The summed E-state index contributed by atoms with van der Waals surface area (Å²) in [5.41, 5.74) is 4.76. The van der Waals surface area contributed by atoms with Crippen molar-refractivity contribution in [1.82, 2.24) is 5.32 Å². The molecule has 1 fully saturated rings. The predicted molar refractivity (Wildman–Crippen MR) is 183 cm³/mol. The Labute approximate surface area is 277 Å². The zero-order chi connectivity index (χ0) is 33.0. The molecule has 3 aromatic rings. The van der Waals surface area contributed by atoms with Crippen LogP contribution >= 0.6 is 11.6 Å². The molecule has 5 rings (SSSR count). The molecule has 2 aliphatic rings. The van der Waals surface area contributed by atoms with Gasteiger partial charge in [-0.05, 0) is 118 Å². The van der Waals surface area contributed by atoms with Crippen LogP contribution in [0.2, 0.25) is 5.02 Å². The van der Waals surface area contributed by atoms with Gasteiger partial charge in [-0.25, -0.2) is 0 Å². The van der Waals surface area contributed by atoms with Crippen molar-refractivity contribution >= 4 is 34.8 Å². The zero-order valence-corrected chi connectivity index (χ0v) is 28.2. The third kappa shape index (κ3) is 7.78. The predicted octanol–water partition coefficient (Wildman–Crippen LogP) is 6.55. The topological polar surface area (TPSA) is 91.3 Å². The molecule has 2 N–H and O–H groups in total. The van der Waals surface area contributed by atoms with Gasteiger partial charge in [-0.1, -0.05) is 23.7 Å². The number of methoxy groups -OCH3 is 1. The van der Waals surface area contributed by atoms with Gasteiger partial charge >= 0.3 is 0 Å². The highest BCUT2D eigenvalue weighted by molar-refractivity contribution is 6.30. The van der Waals surface area contributed by atoms with Gasteiger partial charge in [-0.3, -0.25) is 9.59 Å². The lowest BCUT2D eigenvalue weighted by Crippen LogP contribution is -2.41. The summed E-state index contributed by atoms with van der Waals surface area (Å²) in [6.07, 6.45) is 3.39. The van der Waals surface area contributed by atoms with E-state index in [-0.39, 0.29) is 36.3 Å². The van der Waals surface area contributed by atoms with Crippen LogP contribution in [0.4, 0.5) is 11.4 Å². The first-order chi connectivity index (χ1) is 22.0. The number of anilines is 2. The van der Waals surface area contributed by atoms with E-state index < -0.39 is 6.10 Å². The van der Waals surface area contributed by atoms with E-state index in [9.17, 15) is 14.7 Å². The number of hydrogen-bond acceptors (Lipinski definition) is 6. The van der Waals surface area contributed by atoms with Crippen molar-refractivity contribution in [3.8, 4) is 11.5 Å². The number of aliphatic hydroxyl groups is 1. The fourth-order valence-electron chi connectivity index (χ4n) is 6.69. The molecular weight excluding hydrogens is 602 g/mol. The van der Waals surface area contributed by atoms with Crippen LogP contribution in [0.25, 0.3) is 0 Å². The van der Waals surface area contributed by atoms with Crippen LogP contribution in [0.3, 0.4) is 0 Å². The maximum Gasteiger partial charge on any atom is 0.232 e. The number of fused-ring (bicyclic) bond motifs is 1. The van der Waals surface area contributed by atoms with Crippen LogP contribution in [0.5, 0.6) is 11.5 Å². The number of rotatable bonds is 11. The molecule has 246 valence electrons. The summed E-state index contributed by atoms with van der Waals surface area (Å²) in [4.78, 5) is 30.5. The maximum absolute atomic E-state index is 13.9. The normalized spacial score (nSPS) is 20.2. The number of amides is 2. The standard InChI is InChI=1S/C37H46ClN3O5/c1-23(2)46-34-20-32-28(18-33(34)45-5)19-35(43)41(36(32)26-10-12-29(38)13-11-26)31-16-14-30(15-17-31)40(4)22-25-6-8-27(9-7-25)37(44)39-21-24(3)42/h10-18,20,23-25,27,36,42H,6-9,19,21-22H2,1-5H3,(H,39,44)/t24?,25-,27-,36-/m0/s1. The molecule has 8 nitrogen and oxygen atoms in total. The first-order valence-electron chi connectivity index (χ1n) is 16.3. The number of nitrogens with one attached hydrogen (secondary N) is 1. The summed E-state index contributed by atoms with van der Waals surface area (Å²) in [7, 11) is 3.71. The second-order valence-electron chi connectivity index (χ2n) is 13.0. The third-order valence-corrected chi connectivity index (χ3v) is 9.28. The Morgan fingerprint density at radius 3 is 2.30 bits per heavy atom. The number of nitrogens with zero attached hydrogens (tertiary/aromatic N) is 2. The summed E-state index contributed by atoms with van der Waals surface area (Å²) in [6.45, 7) is 6.84. The number of benzene rings is 3. The van der Waals surface area contributed by atoms with Crippen molar-refractivity contribution in [2.24, 2.45) is 11.8 Å². The van der Waals surface area contributed by atoms with Crippen molar-refractivity contribution in [1.29, 1.82) is 0 Å². The quantitative estimate of drug-likeness (QED) is 0.245. The molecule has 2 atom stereocenters. The van der Waals surface area contributed by atoms with E-state index in [0.717, 1.165) is 60.3 Å². The van der Waals surface area contributed by atoms with Gasteiger partial charge in [-0.2, -0.15) is 0 Å². The van der Waals surface area contributed by atoms with E-state index in [1.807, 2.05) is 67.3 Å².